The van der Waals surface area contributed by atoms with Crippen LogP contribution in [0.3, 0.4) is 0 Å². The average Bonchev–Trinajstić information content (AvgIpc) is 2.32. The first kappa shape index (κ1) is 13.8. The Morgan fingerprint density at radius 2 is 2.11 bits per heavy atom. The van der Waals surface area contributed by atoms with Crippen LogP contribution in [0.25, 0.3) is 0 Å². The standard InChI is InChI=1S/C12H13F3N2O2/c13-12(14,15)10-2-1-8(6-16-10)11(19)17-5-7-3-9(18)4-7/h1-2,6-7,9,18H,3-5H2,(H,17,19). The third-order valence-electron chi connectivity index (χ3n) is 3.08. The molecule has 0 saturated heterocycles. The van der Waals surface area contributed by atoms with Crippen LogP contribution in [0.1, 0.15) is 28.9 Å². The largest absolute Gasteiger partial charge is 0.433 e. The van der Waals surface area contributed by atoms with E-state index >= 15 is 0 Å². The van der Waals surface area contributed by atoms with Gasteiger partial charge in [-0.15, -0.1) is 0 Å². The van der Waals surface area contributed by atoms with Crippen LogP contribution in [0.15, 0.2) is 18.3 Å². The second-order valence-corrected chi connectivity index (χ2v) is 4.63. The van der Waals surface area contributed by atoms with Crippen LogP contribution in [-0.4, -0.2) is 28.6 Å². The minimum absolute atomic E-state index is 0.0906. The molecule has 0 atom stereocenters. The van der Waals surface area contributed by atoms with Gasteiger partial charge < -0.3 is 10.4 Å². The number of halogens is 3. The number of carbonyl (C=O) groups excluding carboxylic acids is 1. The Hall–Kier alpha value is -1.63. The van der Waals surface area contributed by atoms with Gasteiger partial charge >= 0.3 is 6.18 Å². The minimum Gasteiger partial charge on any atom is -0.393 e. The fourth-order valence-corrected chi connectivity index (χ4v) is 1.90. The van der Waals surface area contributed by atoms with Crippen LogP contribution in [0.2, 0.25) is 0 Å². The lowest BCUT2D eigenvalue weighted by molar-refractivity contribution is -0.141. The van der Waals surface area contributed by atoms with E-state index in [2.05, 4.69) is 10.3 Å². The second kappa shape index (κ2) is 5.16. The van der Waals surface area contributed by atoms with Crippen molar-refractivity contribution in [1.82, 2.24) is 10.3 Å². The molecule has 19 heavy (non-hydrogen) atoms. The summed E-state index contributed by atoms with van der Waals surface area (Å²) < 4.78 is 36.8. The summed E-state index contributed by atoms with van der Waals surface area (Å²) in [6.07, 6.45) is -2.60. The molecule has 2 N–H and O–H groups in total. The molecule has 1 aromatic rings. The molecular formula is C12H13F3N2O2. The smallest absolute Gasteiger partial charge is 0.393 e. The normalized spacial score (nSPS) is 22.7. The van der Waals surface area contributed by atoms with Gasteiger partial charge in [-0.3, -0.25) is 9.78 Å². The summed E-state index contributed by atoms with van der Waals surface area (Å²) in [4.78, 5) is 14.9. The highest BCUT2D eigenvalue weighted by atomic mass is 19.4. The predicted molar refractivity (Wildman–Crippen MR) is 60.3 cm³/mol. The lowest BCUT2D eigenvalue weighted by Gasteiger charge is -2.31. The van der Waals surface area contributed by atoms with Crippen LogP contribution in [0.5, 0.6) is 0 Å². The molecule has 0 radical (unpaired) electrons. The van der Waals surface area contributed by atoms with E-state index in [1.165, 1.54) is 0 Å². The van der Waals surface area contributed by atoms with E-state index in [0.29, 0.717) is 19.4 Å². The predicted octanol–water partition coefficient (Wildman–Crippen LogP) is 1.60. The number of nitrogens with one attached hydrogen (secondary N) is 1. The number of amides is 1. The van der Waals surface area contributed by atoms with Crippen molar-refractivity contribution in [2.45, 2.75) is 25.1 Å². The van der Waals surface area contributed by atoms with Crippen LogP contribution in [0, 0.1) is 5.92 Å². The summed E-state index contributed by atoms with van der Waals surface area (Å²) in [5.41, 5.74) is -0.931. The van der Waals surface area contributed by atoms with Gasteiger partial charge in [-0.2, -0.15) is 13.2 Å². The molecular weight excluding hydrogens is 261 g/mol. The number of aromatic nitrogens is 1. The molecule has 0 aliphatic heterocycles. The van der Waals surface area contributed by atoms with E-state index in [9.17, 15) is 18.0 Å². The summed E-state index contributed by atoms with van der Waals surface area (Å²) in [6, 6.07) is 1.88. The molecule has 1 amide bonds. The zero-order valence-electron chi connectivity index (χ0n) is 9.94. The van der Waals surface area contributed by atoms with Crippen LogP contribution < -0.4 is 5.32 Å². The maximum Gasteiger partial charge on any atom is 0.433 e. The fraction of sp³-hybridized carbons (Fsp3) is 0.500. The lowest BCUT2D eigenvalue weighted by atomic mass is 9.82. The number of carbonyl (C=O) groups is 1. The number of alkyl halides is 3. The van der Waals surface area contributed by atoms with E-state index in [1.54, 1.807) is 0 Å². The average molecular weight is 274 g/mol. The summed E-state index contributed by atoms with van der Waals surface area (Å²) in [5.74, 6) is -0.219. The third-order valence-corrected chi connectivity index (χ3v) is 3.08. The monoisotopic (exact) mass is 274 g/mol. The highest BCUT2D eigenvalue weighted by Gasteiger charge is 2.32. The molecule has 0 unspecified atom stereocenters. The summed E-state index contributed by atoms with van der Waals surface area (Å²) in [6.45, 7) is 0.414. The minimum atomic E-state index is -4.50. The van der Waals surface area contributed by atoms with Gasteiger partial charge in [0.2, 0.25) is 0 Å². The van der Waals surface area contributed by atoms with Crippen LogP contribution in [-0.2, 0) is 6.18 Å². The maximum absolute atomic E-state index is 12.3. The molecule has 1 aliphatic rings. The van der Waals surface area contributed by atoms with E-state index in [4.69, 9.17) is 5.11 Å². The van der Waals surface area contributed by atoms with Gasteiger partial charge in [0.15, 0.2) is 0 Å². The molecule has 7 heteroatoms. The van der Waals surface area contributed by atoms with Crippen molar-refractivity contribution >= 4 is 5.91 Å². The van der Waals surface area contributed by atoms with Crippen molar-refractivity contribution in [3.05, 3.63) is 29.6 Å². The van der Waals surface area contributed by atoms with Gasteiger partial charge in [0.05, 0.1) is 11.7 Å². The van der Waals surface area contributed by atoms with E-state index in [-0.39, 0.29) is 17.6 Å². The van der Waals surface area contributed by atoms with Gasteiger partial charge in [-0.25, -0.2) is 0 Å². The number of rotatable bonds is 3. The number of nitrogens with zero attached hydrogens (tertiary/aromatic N) is 1. The van der Waals surface area contributed by atoms with Crippen molar-refractivity contribution < 1.29 is 23.1 Å². The Balaban J connectivity index is 1.89. The number of hydrogen-bond acceptors (Lipinski definition) is 3. The highest BCUT2D eigenvalue weighted by Crippen LogP contribution is 2.27. The van der Waals surface area contributed by atoms with E-state index < -0.39 is 17.8 Å². The van der Waals surface area contributed by atoms with Crippen LogP contribution in [0.4, 0.5) is 13.2 Å². The molecule has 1 fully saturated rings. The topological polar surface area (TPSA) is 62.2 Å². The van der Waals surface area contributed by atoms with Crippen molar-refractivity contribution in [3.63, 3.8) is 0 Å². The Morgan fingerprint density at radius 1 is 1.42 bits per heavy atom. The molecule has 1 aliphatic carbocycles. The Morgan fingerprint density at radius 3 is 2.58 bits per heavy atom. The number of aliphatic hydroxyl groups is 1. The van der Waals surface area contributed by atoms with Gasteiger partial charge in [0.25, 0.3) is 5.91 Å². The van der Waals surface area contributed by atoms with Gasteiger partial charge in [0, 0.05) is 12.7 Å². The second-order valence-electron chi connectivity index (χ2n) is 4.63. The quantitative estimate of drug-likeness (QED) is 0.880. The fourth-order valence-electron chi connectivity index (χ4n) is 1.90. The molecule has 0 aromatic carbocycles. The van der Waals surface area contributed by atoms with Crippen molar-refractivity contribution in [1.29, 1.82) is 0 Å². The number of pyridine rings is 1. The molecule has 0 bridgehead atoms. The first-order valence-corrected chi connectivity index (χ1v) is 5.86. The highest BCUT2D eigenvalue weighted by molar-refractivity contribution is 5.93. The molecule has 4 nitrogen and oxygen atoms in total. The summed E-state index contributed by atoms with van der Waals surface area (Å²) >= 11 is 0. The van der Waals surface area contributed by atoms with Gasteiger partial charge in [-0.05, 0) is 30.9 Å². The van der Waals surface area contributed by atoms with E-state index in [1.807, 2.05) is 0 Å². The Labute approximate surface area is 107 Å². The zero-order chi connectivity index (χ0) is 14.0. The number of hydrogen-bond donors (Lipinski definition) is 2. The summed E-state index contributed by atoms with van der Waals surface area (Å²) in [7, 11) is 0. The summed E-state index contributed by atoms with van der Waals surface area (Å²) in [5, 5.41) is 11.7. The maximum atomic E-state index is 12.3. The first-order valence-electron chi connectivity index (χ1n) is 5.86. The molecule has 1 heterocycles. The van der Waals surface area contributed by atoms with Crippen molar-refractivity contribution in [2.75, 3.05) is 6.54 Å². The van der Waals surface area contributed by atoms with Crippen molar-refractivity contribution in [2.24, 2.45) is 5.92 Å². The Kier molecular flexibility index (Phi) is 3.75. The first-order chi connectivity index (χ1) is 8.86. The van der Waals surface area contributed by atoms with Crippen molar-refractivity contribution in [3.8, 4) is 0 Å². The van der Waals surface area contributed by atoms with Crippen LogP contribution >= 0.6 is 0 Å². The van der Waals surface area contributed by atoms with Gasteiger partial charge in [0.1, 0.15) is 5.69 Å². The molecule has 0 spiro atoms. The molecule has 2 rings (SSSR count). The third kappa shape index (κ3) is 3.44. The molecule has 1 saturated carbocycles. The van der Waals surface area contributed by atoms with Gasteiger partial charge in [-0.1, -0.05) is 0 Å². The number of aliphatic hydroxyl groups excluding tert-OH is 1. The Bertz CT molecular complexity index is 453. The SMILES string of the molecule is O=C(NCC1CC(O)C1)c1ccc(C(F)(F)F)nc1. The zero-order valence-corrected chi connectivity index (χ0v) is 9.94. The molecule has 1 aromatic heterocycles. The van der Waals surface area contributed by atoms with E-state index in [0.717, 1.165) is 18.3 Å². The molecule has 104 valence electrons. The lowest BCUT2D eigenvalue weighted by Crippen LogP contribution is -2.38.